The van der Waals surface area contributed by atoms with Crippen LogP contribution in [0.1, 0.15) is 19.3 Å². The predicted octanol–water partition coefficient (Wildman–Crippen LogP) is 0.665. The van der Waals surface area contributed by atoms with E-state index in [0.717, 1.165) is 0 Å². The van der Waals surface area contributed by atoms with E-state index in [0.29, 0.717) is 25.8 Å². The van der Waals surface area contributed by atoms with Gasteiger partial charge in [0, 0.05) is 12.0 Å². The third-order valence-electron chi connectivity index (χ3n) is 1.69. The first-order valence-corrected chi connectivity index (χ1v) is 6.82. The molecule has 0 saturated carbocycles. The van der Waals surface area contributed by atoms with Crippen molar-refractivity contribution in [3.8, 4) is 0 Å². The predicted molar refractivity (Wildman–Crippen MR) is 59.5 cm³/mol. The molecule has 0 heterocycles. The van der Waals surface area contributed by atoms with Crippen molar-refractivity contribution in [2.75, 3.05) is 18.6 Å². The number of aliphatic imine (C=N–C) groups is 1. The number of hydrogen-bond acceptors (Lipinski definition) is 5. The Kier molecular flexibility index (Phi) is 6.92. The third-order valence-corrected chi connectivity index (χ3v) is 2.85. The summed E-state index contributed by atoms with van der Waals surface area (Å²) in [5.41, 5.74) is 0. The smallest absolute Gasteiger partial charge is 0.147 e. The van der Waals surface area contributed by atoms with Crippen molar-refractivity contribution in [3.05, 3.63) is 0 Å². The van der Waals surface area contributed by atoms with E-state index in [-0.39, 0.29) is 5.75 Å². The van der Waals surface area contributed by atoms with Gasteiger partial charge in [-0.05, 0) is 31.5 Å². The maximum Gasteiger partial charge on any atom is 0.147 e. The number of nitrogens with zero attached hydrogens (tertiary/aromatic N) is 1. The fraction of sp³-hybridized carbons (Fsp3) is 0.875. The molecule has 0 aromatic carbocycles. The van der Waals surface area contributed by atoms with Gasteiger partial charge >= 0.3 is 0 Å². The lowest BCUT2D eigenvalue weighted by Crippen LogP contribution is -2.11. The largest absolute Gasteiger partial charge is 0.393 e. The van der Waals surface area contributed by atoms with Crippen molar-refractivity contribution >= 4 is 27.2 Å². The summed E-state index contributed by atoms with van der Waals surface area (Å²) in [6, 6.07) is 0. The number of thiocarbonyl (C=S) groups is 1. The first-order chi connectivity index (χ1) is 6.45. The molecule has 0 amide bonds. The molecule has 0 fully saturated rings. The van der Waals surface area contributed by atoms with Gasteiger partial charge in [-0.25, -0.2) is 13.4 Å². The van der Waals surface area contributed by atoms with Crippen LogP contribution in [0.15, 0.2) is 4.99 Å². The summed E-state index contributed by atoms with van der Waals surface area (Å²) in [6.45, 7) is 0.448. The second-order valence-corrected chi connectivity index (χ2v) is 5.63. The molecule has 82 valence electrons. The van der Waals surface area contributed by atoms with Gasteiger partial charge in [0.25, 0.3) is 0 Å². The maximum atomic E-state index is 10.7. The minimum Gasteiger partial charge on any atom is -0.393 e. The Bertz CT molecular complexity index is 294. The van der Waals surface area contributed by atoms with Crippen LogP contribution in [0.5, 0.6) is 0 Å². The molecule has 0 spiro atoms. The highest BCUT2D eigenvalue weighted by molar-refractivity contribution is 7.90. The topological polar surface area (TPSA) is 66.7 Å². The lowest BCUT2D eigenvalue weighted by molar-refractivity contribution is 0.157. The molecule has 0 saturated heterocycles. The fourth-order valence-corrected chi connectivity index (χ4v) is 1.77. The zero-order chi connectivity index (χ0) is 11.0. The monoisotopic (exact) mass is 237 g/mol. The second-order valence-electron chi connectivity index (χ2n) is 3.19. The molecule has 6 heteroatoms. The summed E-state index contributed by atoms with van der Waals surface area (Å²) in [4.78, 5) is 3.66. The van der Waals surface area contributed by atoms with Gasteiger partial charge in [0.2, 0.25) is 0 Å². The van der Waals surface area contributed by atoms with Crippen molar-refractivity contribution in [1.29, 1.82) is 0 Å². The Morgan fingerprint density at radius 1 is 1.50 bits per heavy atom. The van der Waals surface area contributed by atoms with E-state index in [1.807, 2.05) is 0 Å². The van der Waals surface area contributed by atoms with Crippen molar-refractivity contribution < 1.29 is 13.5 Å². The average Bonchev–Trinajstić information content (AvgIpc) is 2.02. The first kappa shape index (κ1) is 13.7. The molecule has 14 heavy (non-hydrogen) atoms. The normalized spacial score (nSPS) is 13.3. The van der Waals surface area contributed by atoms with Gasteiger partial charge in [-0.1, -0.05) is 0 Å². The van der Waals surface area contributed by atoms with E-state index >= 15 is 0 Å². The standard InChI is InChI=1S/C8H15NO3S2/c1-14(11,12)6-2-3-8(10)4-5-9-7-13/h8,10H,2-6H2,1H3. The Hall–Kier alpha value is -0.290. The molecule has 0 aromatic rings. The zero-order valence-electron chi connectivity index (χ0n) is 8.14. The highest BCUT2D eigenvalue weighted by Crippen LogP contribution is 2.03. The number of rotatable bonds is 7. The van der Waals surface area contributed by atoms with Gasteiger partial charge in [0.15, 0.2) is 0 Å². The van der Waals surface area contributed by atoms with Gasteiger partial charge in [-0.2, -0.15) is 0 Å². The minimum absolute atomic E-state index is 0.125. The molecule has 0 aromatic heterocycles. The van der Waals surface area contributed by atoms with E-state index < -0.39 is 15.9 Å². The molecule has 0 radical (unpaired) electrons. The summed E-state index contributed by atoms with van der Waals surface area (Å²) in [5.74, 6) is 0.125. The van der Waals surface area contributed by atoms with Crippen molar-refractivity contribution in [3.63, 3.8) is 0 Å². The van der Waals surface area contributed by atoms with Crippen LogP contribution in [-0.4, -0.2) is 43.3 Å². The van der Waals surface area contributed by atoms with Crippen molar-refractivity contribution in [2.24, 2.45) is 4.99 Å². The van der Waals surface area contributed by atoms with E-state index in [1.165, 1.54) is 6.26 Å². The lowest BCUT2D eigenvalue weighted by atomic mass is 10.1. The van der Waals surface area contributed by atoms with E-state index in [4.69, 9.17) is 0 Å². The first-order valence-electron chi connectivity index (χ1n) is 4.35. The molecular formula is C8H15NO3S2. The number of aliphatic hydroxyl groups excluding tert-OH is 1. The molecule has 4 nitrogen and oxygen atoms in total. The van der Waals surface area contributed by atoms with Gasteiger partial charge in [0.05, 0.1) is 17.8 Å². The zero-order valence-corrected chi connectivity index (χ0v) is 9.77. The molecule has 0 aliphatic carbocycles. The van der Waals surface area contributed by atoms with Crippen LogP contribution in [0.3, 0.4) is 0 Å². The summed E-state index contributed by atoms with van der Waals surface area (Å²) >= 11 is 4.36. The van der Waals surface area contributed by atoms with Crippen LogP contribution in [0, 0.1) is 0 Å². The molecule has 1 atom stereocenters. The lowest BCUT2D eigenvalue weighted by Gasteiger charge is -2.07. The fourth-order valence-electron chi connectivity index (χ4n) is 0.985. The van der Waals surface area contributed by atoms with Crippen LogP contribution in [0.4, 0.5) is 0 Å². The highest BCUT2D eigenvalue weighted by Gasteiger charge is 2.06. The SMILES string of the molecule is CS(=O)(=O)CCCC(O)CCN=C=S. The average molecular weight is 237 g/mol. The Morgan fingerprint density at radius 2 is 2.14 bits per heavy atom. The van der Waals surface area contributed by atoms with Crippen LogP contribution in [0.2, 0.25) is 0 Å². The van der Waals surface area contributed by atoms with Crippen LogP contribution in [-0.2, 0) is 9.84 Å². The van der Waals surface area contributed by atoms with Crippen LogP contribution < -0.4 is 0 Å². The molecule has 0 rings (SSSR count). The maximum absolute atomic E-state index is 10.7. The van der Waals surface area contributed by atoms with Crippen LogP contribution >= 0.6 is 12.2 Å². The van der Waals surface area contributed by atoms with Crippen LogP contribution in [0.25, 0.3) is 0 Å². The number of isothiocyanates is 1. The highest BCUT2D eigenvalue weighted by atomic mass is 32.2. The van der Waals surface area contributed by atoms with Gasteiger partial charge < -0.3 is 5.11 Å². The summed E-state index contributed by atoms with van der Waals surface area (Å²) in [5, 5.41) is 11.6. The van der Waals surface area contributed by atoms with Gasteiger partial charge in [0.1, 0.15) is 9.84 Å². The summed E-state index contributed by atoms with van der Waals surface area (Å²) in [7, 11) is -2.91. The number of hydrogen-bond donors (Lipinski definition) is 1. The summed E-state index contributed by atoms with van der Waals surface area (Å²) in [6.07, 6.45) is 2.17. The second kappa shape index (κ2) is 7.06. The molecule has 0 aliphatic rings. The van der Waals surface area contributed by atoms with E-state index in [9.17, 15) is 13.5 Å². The van der Waals surface area contributed by atoms with E-state index in [2.05, 4.69) is 22.4 Å². The molecule has 0 aliphatic heterocycles. The molecule has 1 N–H and O–H groups in total. The molecular weight excluding hydrogens is 222 g/mol. The number of aliphatic hydroxyl groups is 1. The molecule has 1 unspecified atom stereocenters. The Labute approximate surface area is 90.0 Å². The third kappa shape index (κ3) is 9.80. The van der Waals surface area contributed by atoms with Gasteiger partial charge in [-0.3, -0.25) is 0 Å². The van der Waals surface area contributed by atoms with E-state index in [1.54, 1.807) is 0 Å². The number of sulfone groups is 1. The molecule has 0 bridgehead atoms. The Balaban J connectivity index is 3.54. The summed E-state index contributed by atoms with van der Waals surface area (Å²) < 4.78 is 21.5. The Morgan fingerprint density at radius 3 is 2.64 bits per heavy atom. The quantitative estimate of drug-likeness (QED) is 0.522. The minimum atomic E-state index is -2.91. The van der Waals surface area contributed by atoms with Crippen molar-refractivity contribution in [2.45, 2.75) is 25.4 Å². The van der Waals surface area contributed by atoms with Gasteiger partial charge in [-0.15, -0.1) is 0 Å². The van der Waals surface area contributed by atoms with Crippen molar-refractivity contribution in [1.82, 2.24) is 0 Å².